The average molecular weight is 473 g/mol. The van der Waals surface area contributed by atoms with Crippen LogP contribution in [0.15, 0.2) is 35.5 Å². The maximum absolute atomic E-state index is 13.7. The quantitative estimate of drug-likeness (QED) is 0.415. The first-order chi connectivity index (χ1) is 14.7. The molecule has 3 aromatic heterocycles. The summed E-state index contributed by atoms with van der Waals surface area (Å²) in [5.41, 5.74) is -1.32. The van der Waals surface area contributed by atoms with E-state index < -0.39 is 38.1 Å². The smallest absolute Gasteiger partial charge is 0.296 e. The number of aryl methyl sites for hydroxylation is 1. The zero-order valence-corrected chi connectivity index (χ0v) is 17.8. The minimum atomic E-state index is -4.68. The van der Waals surface area contributed by atoms with E-state index >= 15 is 0 Å². The highest BCUT2D eigenvalue weighted by Crippen LogP contribution is 2.35. The van der Waals surface area contributed by atoms with Gasteiger partial charge < -0.3 is 0 Å². The number of pyridine rings is 1. The fraction of sp³-hybridized carbons (Fsp3) is 0.316. The minimum absolute atomic E-state index is 0.0133. The maximum Gasteiger partial charge on any atom is 0.416 e. The largest absolute Gasteiger partial charge is 0.416 e. The van der Waals surface area contributed by atoms with Crippen LogP contribution in [0.4, 0.5) is 22.0 Å². The molecular formula is C19H16F5N5O2S. The fourth-order valence-electron chi connectivity index (χ4n) is 3.28. The second-order valence-corrected chi connectivity index (χ2v) is 9.47. The average Bonchev–Trinajstić information content (AvgIpc) is 3.24. The molecule has 7 nitrogen and oxygen atoms in total. The first-order valence-electron chi connectivity index (χ1n) is 9.28. The number of alkyl halides is 5. The standard InChI is InChI=1S/C19H16F5N5O2S/c1-4-32(30,31)16-12-6-5-10(19(22,23)24)8-14(12)29(27-16)17-26-13-7-11(18(2,20)21)9-25-15(13)28(17)3/h5-9H,4H2,1-3H3. The Balaban J connectivity index is 2.05. The third-order valence-electron chi connectivity index (χ3n) is 5.03. The van der Waals surface area contributed by atoms with Crippen molar-refractivity contribution >= 4 is 31.9 Å². The van der Waals surface area contributed by atoms with Crippen LogP contribution in [0.5, 0.6) is 0 Å². The van der Waals surface area contributed by atoms with Crippen molar-refractivity contribution in [1.82, 2.24) is 24.3 Å². The van der Waals surface area contributed by atoms with Crippen molar-refractivity contribution in [2.75, 3.05) is 5.75 Å². The van der Waals surface area contributed by atoms with Gasteiger partial charge >= 0.3 is 6.18 Å². The van der Waals surface area contributed by atoms with E-state index in [0.29, 0.717) is 6.92 Å². The monoisotopic (exact) mass is 473 g/mol. The lowest BCUT2D eigenvalue weighted by atomic mass is 10.1. The van der Waals surface area contributed by atoms with E-state index in [1.807, 2.05) is 0 Å². The highest BCUT2D eigenvalue weighted by atomic mass is 32.2. The molecule has 3 heterocycles. The SMILES string of the molecule is CCS(=O)(=O)c1nn(-c2nc3cc(C(C)(F)F)cnc3n2C)c2cc(C(F)(F)F)ccc12. The summed E-state index contributed by atoms with van der Waals surface area (Å²) >= 11 is 0. The molecule has 0 unspecified atom stereocenters. The minimum Gasteiger partial charge on any atom is -0.296 e. The van der Waals surface area contributed by atoms with E-state index in [4.69, 9.17) is 0 Å². The number of fused-ring (bicyclic) bond motifs is 2. The Morgan fingerprint density at radius 2 is 1.75 bits per heavy atom. The number of nitrogens with zero attached hydrogens (tertiary/aromatic N) is 5. The predicted molar refractivity (Wildman–Crippen MR) is 105 cm³/mol. The van der Waals surface area contributed by atoms with Crippen LogP contribution in [-0.4, -0.2) is 38.5 Å². The Morgan fingerprint density at radius 3 is 2.34 bits per heavy atom. The molecule has 0 amide bonds. The van der Waals surface area contributed by atoms with Gasteiger partial charge in [0.05, 0.1) is 16.8 Å². The molecule has 0 saturated carbocycles. The zero-order chi connectivity index (χ0) is 23.6. The van der Waals surface area contributed by atoms with Crippen molar-refractivity contribution in [2.45, 2.75) is 31.0 Å². The van der Waals surface area contributed by atoms with Gasteiger partial charge in [0.15, 0.2) is 20.5 Å². The van der Waals surface area contributed by atoms with Crippen LogP contribution in [0.25, 0.3) is 28.0 Å². The van der Waals surface area contributed by atoms with Crippen molar-refractivity contribution in [3.05, 3.63) is 41.6 Å². The molecule has 0 N–H and O–H groups in total. The van der Waals surface area contributed by atoms with E-state index in [1.165, 1.54) is 18.5 Å². The highest BCUT2D eigenvalue weighted by molar-refractivity contribution is 7.91. The van der Waals surface area contributed by atoms with E-state index in [2.05, 4.69) is 15.1 Å². The van der Waals surface area contributed by atoms with Crippen molar-refractivity contribution in [3.8, 4) is 5.95 Å². The third kappa shape index (κ3) is 3.49. The number of sulfone groups is 1. The van der Waals surface area contributed by atoms with Crippen LogP contribution in [0.2, 0.25) is 0 Å². The van der Waals surface area contributed by atoms with Gasteiger partial charge in [0, 0.05) is 31.1 Å². The van der Waals surface area contributed by atoms with Crippen LogP contribution >= 0.6 is 0 Å². The van der Waals surface area contributed by atoms with Gasteiger partial charge in [0.1, 0.15) is 5.52 Å². The molecule has 0 spiro atoms. The lowest BCUT2D eigenvalue weighted by Gasteiger charge is -2.09. The van der Waals surface area contributed by atoms with Crippen LogP contribution in [0, 0.1) is 0 Å². The molecule has 4 aromatic rings. The van der Waals surface area contributed by atoms with E-state index in [0.717, 1.165) is 35.1 Å². The fourth-order valence-corrected chi connectivity index (χ4v) is 4.26. The Morgan fingerprint density at radius 1 is 1.06 bits per heavy atom. The van der Waals surface area contributed by atoms with Gasteiger partial charge in [-0.3, -0.25) is 4.57 Å². The summed E-state index contributed by atoms with van der Waals surface area (Å²) in [4.78, 5) is 8.19. The van der Waals surface area contributed by atoms with Gasteiger partial charge in [-0.2, -0.15) is 23.0 Å². The molecule has 0 radical (unpaired) electrons. The van der Waals surface area contributed by atoms with Crippen molar-refractivity contribution in [1.29, 1.82) is 0 Å². The maximum atomic E-state index is 13.7. The summed E-state index contributed by atoms with van der Waals surface area (Å²) in [6.07, 6.45) is -3.70. The van der Waals surface area contributed by atoms with E-state index in [1.54, 1.807) is 0 Å². The van der Waals surface area contributed by atoms with Gasteiger partial charge in [0.2, 0.25) is 5.95 Å². The Bertz CT molecular complexity index is 1470. The first-order valence-corrected chi connectivity index (χ1v) is 10.9. The predicted octanol–water partition coefficient (Wildman–Crippen LogP) is 4.23. The number of hydrogen-bond donors (Lipinski definition) is 0. The number of benzene rings is 1. The molecule has 13 heteroatoms. The molecule has 0 aliphatic heterocycles. The molecule has 0 bridgehead atoms. The van der Waals surface area contributed by atoms with Crippen molar-refractivity contribution in [2.24, 2.45) is 7.05 Å². The summed E-state index contributed by atoms with van der Waals surface area (Å²) in [5.74, 6) is -3.58. The molecular weight excluding hydrogens is 457 g/mol. The molecule has 1 aromatic carbocycles. The summed E-state index contributed by atoms with van der Waals surface area (Å²) in [6.45, 7) is 2.08. The lowest BCUT2D eigenvalue weighted by Crippen LogP contribution is -2.09. The van der Waals surface area contributed by atoms with Crippen molar-refractivity contribution in [3.63, 3.8) is 0 Å². The van der Waals surface area contributed by atoms with Crippen LogP contribution in [0.1, 0.15) is 25.0 Å². The summed E-state index contributed by atoms with van der Waals surface area (Å²) in [6, 6.07) is 3.70. The van der Waals surface area contributed by atoms with Crippen LogP contribution in [-0.2, 0) is 29.0 Å². The topological polar surface area (TPSA) is 82.7 Å². The van der Waals surface area contributed by atoms with Crippen LogP contribution < -0.4 is 0 Å². The van der Waals surface area contributed by atoms with Gasteiger partial charge in [0.25, 0.3) is 5.92 Å². The molecule has 0 aliphatic rings. The molecule has 0 fully saturated rings. The molecule has 4 rings (SSSR count). The summed E-state index contributed by atoms with van der Waals surface area (Å²) in [5, 5.41) is 3.64. The number of rotatable bonds is 4. The zero-order valence-electron chi connectivity index (χ0n) is 16.9. The van der Waals surface area contributed by atoms with Gasteiger partial charge in [-0.05, 0) is 24.3 Å². The second kappa shape index (κ2) is 6.95. The van der Waals surface area contributed by atoms with Crippen LogP contribution in [0.3, 0.4) is 0 Å². The van der Waals surface area contributed by atoms with Gasteiger partial charge in [-0.15, -0.1) is 0 Å². The van der Waals surface area contributed by atoms with Gasteiger partial charge in [-0.1, -0.05) is 6.92 Å². The molecule has 0 atom stereocenters. The second-order valence-electron chi connectivity index (χ2n) is 7.28. The molecule has 0 saturated heterocycles. The lowest BCUT2D eigenvalue weighted by molar-refractivity contribution is -0.137. The van der Waals surface area contributed by atoms with E-state index in [-0.39, 0.29) is 33.8 Å². The summed E-state index contributed by atoms with van der Waals surface area (Å²) in [7, 11) is -2.43. The van der Waals surface area contributed by atoms with Gasteiger partial charge in [-0.25, -0.2) is 27.2 Å². The molecule has 32 heavy (non-hydrogen) atoms. The number of halogens is 5. The number of aromatic nitrogens is 5. The highest BCUT2D eigenvalue weighted by Gasteiger charge is 2.33. The number of hydrogen-bond acceptors (Lipinski definition) is 5. The summed E-state index contributed by atoms with van der Waals surface area (Å²) < 4.78 is 94.7. The Hall–Kier alpha value is -3.09. The molecule has 0 aliphatic carbocycles. The Labute approximate surface area is 178 Å². The third-order valence-corrected chi connectivity index (χ3v) is 6.68. The first kappa shape index (κ1) is 22.1. The van der Waals surface area contributed by atoms with E-state index in [9.17, 15) is 30.4 Å². The Kier molecular flexibility index (Phi) is 4.81. The number of imidazole rings is 1. The van der Waals surface area contributed by atoms with Crippen molar-refractivity contribution < 1.29 is 30.4 Å². The normalized spacial score (nSPS) is 13.4. The molecule has 170 valence electrons.